The third-order valence-corrected chi connectivity index (χ3v) is 4.37. The highest BCUT2D eigenvalue weighted by atomic mass is 19.4. The number of hydrogen-bond acceptors (Lipinski definition) is 3. The first-order valence-electron chi connectivity index (χ1n) is 8.20. The molecule has 0 spiro atoms. The van der Waals surface area contributed by atoms with E-state index in [1.54, 1.807) is 16.8 Å². The van der Waals surface area contributed by atoms with Crippen LogP contribution >= 0.6 is 0 Å². The first-order chi connectivity index (χ1) is 12.4. The van der Waals surface area contributed by atoms with E-state index in [0.717, 1.165) is 41.2 Å². The van der Waals surface area contributed by atoms with E-state index in [2.05, 4.69) is 10.1 Å². The topological polar surface area (TPSA) is 39.1 Å². The minimum Gasteiger partial charge on any atom is -0.406 e. The third kappa shape index (κ3) is 3.00. The van der Waals surface area contributed by atoms with Crippen LogP contribution in [0.2, 0.25) is 0 Å². The van der Waals surface area contributed by atoms with Crippen LogP contribution < -0.4 is 10.1 Å². The average molecular weight is 359 g/mol. The van der Waals surface area contributed by atoms with Gasteiger partial charge in [0.25, 0.3) is 0 Å². The molecule has 1 N–H and O–H groups in total. The van der Waals surface area contributed by atoms with Crippen molar-refractivity contribution in [1.29, 1.82) is 0 Å². The van der Waals surface area contributed by atoms with Gasteiger partial charge in [-0.1, -0.05) is 24.3 Å². The lowest BCUT2D eigenvalue weighted by Crippen LogP contribution is -2.17. The molecule has 4 rings (SSSR count). The van der Waals surface area contributed by atoms with E-state index in [4.69, 9.17) is 5.10 Å². The highest BCUT2D eigenvalue weighted by Gasteiger charge is 2.31. The molecular weight excluding hydrogens is 343 g/mol. The molecule has 4 nitrogen and oxygen atoms in total. The summed E-state index contributed by atoms with van der Waals surface area (Å²) >= 11 is 0. The molecule has 0 unspecified atom stereocenters. The average Bonchev–Trinajstić information content (AvgIpc) is 3.17. The molecule has 134 valence electrons. The Hall–Kier alpha value is -2.96. The number of aromatic nitrogens is 2. The summed E-state index contributed by atoms with van der Waals surface area (Å²) in [5.41, 5.74) is 4.88. The quantitative estimate of drug-likeness (QED) is 0.736. The van der Waals surface area contributed by atoms with Gasteiger partial charge in [-0.3, -0.25) is 0 Å². The fourth-order valence-electron chi connectivity index (χ4n) is 3.21. The molecule has 3 aromatic rings. The maximum Gasteiger partial charge on any atom is 0.573 e. The summed E-state index contributed by atoms with van der Waals surface area (Å²) in [4.78, 5) is 0. The van der Waals surface area contributed by atoms with Crippen LogP contribution in [0, 0.1) is 6.92 Å². The molecule has 0 aliphatic carbocycles. The number of halogens is 3. The predicted molar refractivity (Wildman–Crippen MR) is 92.6 cm³/mol. The Labute approximate surface area is 148 Å². The second-order valence-corrected chi connectivity index (χ2v) is 6.12. The van der Waals surface area contributed by atoms with E-state index >= 15 is 0 Å². The van der Waals surface area contributed by atoms with Gasteiger partial charge in [-0.15, -0.1) is 13.2 Å². The van der Waals surface area contributed by atoms with E-state index in [9.17, 15) is 13.2 Å². The molecule has 0 fully saturated rings. The van der Waals surface area contributed by atoms with Crippen molar-refractivity contribution in [3.63, 3.8) is 0 Å². The molecular formula is C19H16F3N3O. The first kappa shape index (κ1) is 16.5. The zero-order chi connectivity index (χ0) is 18.3. The number of fused-ring (bicyclic) bond motifs is 1. The SMILES string of the molecule is Cc1ccccc1-c1nn(-c2ccc(OC(F)(F)F)cc2)c2c1CCN2. The Morgan fingerprint density at radius 2 is 1.81 bits per heavy atom. The van der Waals surface area contributed by atoms with Crippen molar-refractivity contribution in [1.82, 2.24) is 9.78 Å². The smallest absolute Gasteiger partial charge is 0.406 e. The van der Waals surface area contributed by atoms with E-state index in [1.807, 2.05) is 31.2 Å². The molecule has 0 amide bonds. The standard InChI is InChI=1S/C19H16F3N3O/c1-12-4-2-3-5-15(12)17-16-10-11-23-18(16)25(24-17)13-6-8-14(9-7-13)26-19(20,21)22/h2-9,23H,10-11H2,1H3. The second kappa shape index (κ2) is 6.09. The molecule has 0 radical (unpaired) electrons. The van der Waals surface area contributed by atoms with E-state index in [-0.39, 0.29) is 5.75 Å². The van der Waals surface area contributed by atoms with Crippen LogP contribution in [-0.4, -0.2) is 22.7 Å². The van der Waals surface area contributed by atoms with Gasteiger partial charge in [-0.2, -0.15) is 5.10 Å². The molecule has 0 atom stereocenters. The minimum absolute atomic E-state index is 0.253. The number of nitrogens with one attached hydrogen (secondary N) is 1. The molecule has 1 aromatic heterocycles. The predicted octanol–water partition coefficient (Wildman–Crippen LogP) is 4.71. The van der Waals surface area contributed by atoms with Crippen LogP contribution in [0.5, 0.6) is 5.75 Å². The number of hydrogen-bond donors (Lipinski definition) is 1. The number of alkyl halides is 3. The summed E-state index contributed by atoms with van der Waals surface area (Å²) < 4.78 is 42.6. The van der Waals surface area contributed by atoms with Crippen molar-refractivity contribution >= 4 is 5.82 Å². The zero-order valence-corrected chi connectivity index (χ0v) is 14.0. The van der Waals surface area contributed by atoms with Gasteiger partial charge in [0, 0.05) is 17.7 Å². The third-order valence-electron chi connectivity index (χ3n) is 4.37. The lowest BCUT2D eigenvalue weighted by molar-refractivity contribution is -0.274. The monoisotopic (exact) mass is 359 g/mol. The lowest BCUT2D eigenvalue weighted by Gasteiger charge is -2.10. The van der Waals surface area contributed by atoms with Crippen LogP contribution in [0.1, 0.15) is 11.1 Å². The van der Waals surface area contributed by atoms with Crippen LogP contribution in [0.4, 0.5) is 19.0 Å². The molecule has 0 saturated carbocycles. The molecule has 2 aromatic carbocycles. The first-order valence-corrected chi connectivity index (χ1v) is 8.20. The highest BCUT2D eigenvalue weighted by Crippen LogP contribution is 2.36. The molecule has 0 saturated heterocycles. The number of benzene rings is 2. The Balaban J connectivity index is 1.74. The van der Waals surface area contributed by atoms with Gasteiger partial charge in [-0.05, 0) is 43.2 Å². The normalized spacial score (nSPS) is 13.4. The highest BCUT2D eigenvalue weighted by molar-refractivity contribution is 5.74. The summed E-state index contributed by atoms with van der Waals surface area (Å²) in [6.45, 7) is 2.84. The van der Waals surface area contributed by atoms with Gasteiger partial charge < -0.3 is 10.1 Å². The minimum atomic E-state index is -4.70. The molecule has 1 aliphatic rings. The summed E-state index contributed by atoms with van der Waals surface area (Å²) in [6, 6.07) is 13.7. The molecule has 0 bridgehead atoms. The maximum atomic E-state index is 12.3. The summed E-state index contributed by atoms with van der Waals surface area (Å²) in [6.07, 6.45) is -3.84. The Morgan fingerprint density at radius 1 is 1.08 bits per heavy atom. The Kier molecular flexibility index (Phi) is 3.86. The Morgan fingerprint density at radius 3 is 2.50 bits per heavy atom. The van der Waals surface area contributed by atoms with Gasteiger partial charge in [0.1, 0.15) is 11.6 Å². The summed E-state index contributed by atoms with van der Waals surface area (Å²) in [5, 5.41) is 8.05. The van der Waals surface area contributed by atoms with Gasteiger partial charge in [-0.25, -0.2) is 4.68 Å². The van der Waals surface area contributed by atoms with Gasteiger partial charge in [0.15, 0.2) is 0 Å². The van der Waals surface area contributed by atoms with Gasteiger partial charge in [0.2, 0.25) is 0 Å². The van der Waals surface area contributed by atoms with Crippen LogP contribution in [0.15, 0.2) is 48.5 Å². The van der Waals surface area contributed by atoms with E-state index in [0.29, 0.717) is 5.69 Å². The van der Waals surface area contributed by atoms with Crippen molar-refractivity contribution < 1.29 is 17.9 Å². The summed E-state index contributed by atoms with van der Waals surface area (Å²) in [5.74, 6) is 0.630. The van der Waals surface area contributed by atoms with Crippen molar-refractivity contribution in [2.24, 2.45) is 0 Å². The number of aryl methyl sites for hydroxylation is 1. The fourth-order valence-corrected chi connectivity index (χ4v) is 3.21. The van der Waals surface area contributed by atoms with Crippen LogP contribution in [0.3, 0.4) is 0 Å². The van der Waals surface area contributed by atoms with Gasteiger partial charge in [0.05, 0.1) is 11.4 Å². The number of rotatable bonds is 3. The van der Waals surface area contributed by atoms with Gasteiger partial charge >= 0.3 is 6.36 Å². The van der Waals surface area contributed by atoms with Crippen molar-refractivity contribution in [3.8, 4) is 22.7 Å². The van der Waals surface area contributed by atoms with Crippen LogP contribution in [-0.2, 0) is 6.42 Å². The Bertz CT molecular complexity index is 946. The molecule has 2 heterocycles. The number of ether oxygens (including phenoxy) is 1. The number of nitrogens with zero attached hydrogens (tertiary/aromatic N) is 2. The summed E-state index contributed by atoms with van der Waals surface area (Å²) in [7, 11) is 0. The lowest BCUT2D eigenvalue weighted by atomic mass is 10.0. The second-order valence-electron chi connectivity index (χ2n) is 6.12. The number of anilines is 1. The zero-order valence-electron chi connectivity index (χ0n) is 14.0. The van der Waals surface area contributed by atoms with Crippen molar-refractivity contribution in [2.75, 3.05) is 11.9 Å². The molecule has 26 heavy (non-hydrogen) atoms. The van der Waals surface area contributed by atoms with Crippen molar-refractivity contribution in [3.05, 3.63) is 59.7 Å². The van der Waals surface area contributed by atoms with Crippen LogP contribution in [0.25, 0.3) is 16.9 Å². The maximum absolute atomic E-state index is 12.3. The fraction of sp³-hybridized carbons (Fsp3) is 0.211. The molecule has 7 heteroatoms. The largest absolute Gasteiger partial charge is 0.573 e. The van der Waals surface area contributed by atoms with E-state index in [1.165, 1.54) is 12.1 Å². The van der Waals surface area contributed by atoms with E-state index < -0.39 is 6.36 Å². The molecule has 1 aliphatic heterocycles. The van der Waals surface area contributed by atoms with Crippen molar-refractivity contribution in [2.45, 2.75) is 19.7 Å².